The summed E-state index contributed by atoms with van der Waals surface area (Å²) in [7, 11) is 1.53. The Hall–Kier alpha value is -2.54. The lowest BCUT2D eigenvalue weighted by Crippen LogP contribution is -2.27. The molecule has 0 atom stereocenters. The summed E-state index contributed by atoms with van der Waals surface area (Å²) >= 11 is 3.43. The Labute approximate surface area is 172 Å². The predicted octanol–water partition coefficient (Wildman–Crippen LogP) is 4.34. The summed E-state index contributed by atoms with van der Waals surface area (Å²) in [6.07, 6.45) is 2.08. The van der Waals surface area contributed by atoms with Gasteiger partial charge in [-0.15, -0.1) is 0 Å². The van der Waals surface area contributed by atoms with Gasteiger partial charge in [-0.3, -0.25) is 9.59 Å². The molecular formula is C21H23BrN2O4. The molecule has 28 heavy (non-hydrogen) atoms. The molecule has 2 aromatic carbocycles. The SMILES string of the molecule is CCOc1c(Br)cc(C(=O)Nc2cccc(C(=O)N3CCCC3)c2)cc1OC. The second-order valence-electron chi connectivity index (χ2n) is 6.46. The number of halogens is 1. The number of methoxy groups -OCH3 is 1. The number of nitrogens with zero attached hydrogens (tertiary/aromatic N) is 1. The molecule has 2 aromatic rings. The van der Waals surface area contributed by atoms with Gasteiger partial charge in [-0.25, -0.2) is 0 Å². The van der Waals surface area contributed by atoms with E-state index in [1.807, 2.05) is 11.8 Å². The zero-order valence-corrected chi connectivity index (χ0v) is 17.5. The van der Waals surface area contributed by atoms with Crippen molar-refractivity contribution < 1.29 is 19.1 Å². The molecule has 1 fully saturated rings. The van der Waals surface area contributed by atoms with Gasteiger partial charge in [-0.05, 0) is 66.0 Å². The molecule has 1 heterocycles. The molecule has 1 aliphatic rings. The first-order valence-corrected chi connectivity index (χ1v) is 10.0. The maximum atomic E-state index is 12.7. The van der Waals surface area contributed by atoms with Gasteiger partial charge >= 0.3 is 0 Å². The zero-order valence-electron chi connectivity index (χ0n) is 16.0. The number of likely N-dealkylation sites (tertiary alicyclic amines) is 1. The maximum Gasteiger partial charge on any atom is 0.255 e. The standard InChI is InChI=1S/C21H23BrN2O4/c1-3-28-19-17(22)12-15(13-18(19)27-2)20(25)23-16-8-6-7-14(11-16)21(26)24-9-4-5-10-24/h6-8,11-13H,3-5,9-10H2,1-2H3,(H,23,25). The fourth-order valence-electron chi connectivity index (χ4n) is 3.17. The number of ether oxygens (including phenoxy) is 2. The van der Waals surface area contributed by atoms with Crippen molar-refractivity contribution in [2.45, 2.75) is 19.8 Å². The minimum absolute atomic E-state index is 0.000852. The van der Waals surface area contributed by atoms with Crippen LogP contribution in [0.1, 0.15) is 40.5 Å². The summed E-state index contributed by atoms with van der Waals surface area (Å²) in [6, 6.07) is 10.3. The van der Waals surface area contributed by atoms with Crippen molar-refractivity contribution in [3.05, 3.63) is 52.0 Å². The van der Waals surface area contributed by atoms with E-state index in [9.17, 15) is 9.59 Å². The first-order chi connectivity index (χ1) is 13.5. The molecule has 1 aliphatic heterocycles. The van der Waals surface area contributed by atoms with Gasteiger partial charge in [-0.1, -0.05) is 6.07 Å². The highest BCUT2D eigenvalue weighted by Crippen LogP contribution is 2.36. The van der Waals surface area contributed by atoms with Crippen LogP contribution in [0.3, 0.4) is 0 Å². The molecule has 6 nitrogen and oxygen atoms in total. The molecule has 148 valence electrons. The molecule has 0 unspecified atom stereocenters. The molecular weight excluding hydrogens is 424 g/mol. The lowest BCUT2D eigenvalue weighted by molar-refractivity contribution is 0.0792. The molecule has 7 heteroatoms. The number of hydrogen-bond donors (Lipinski definition) is 1. The maximum absolute atomic E-state index is 12.7. The van der Waals surface area contributed by atoms with Crippen LogP contribution >= 0.6 is 15.9 Å². The monoisotopic (exact) mass is 446 g/mol. The number of rotatable bonds is 6. The summed E-state index contributed by atoms with van der Waals surface area (Å²) in [4.78, 5) is 27.1. The van der Waals surface area contributed by atoms with Crippen LogP contribution in [0, 0.1) is 0 Å². The first kappa shape index (κ1) is 20.2. The summed E-state index contributed by atoms with van der Waals surface area (Å²) in [5, 5.41) is 2.85. The average molecular weight is 447 g/mol. The Morgan fingerprint density at radius 1 is 1.14 bits per heavy atom. The van der Waals surface area contributed by atoms with E-state index in [1.165, 1.54) is 7.11 Å². The van der Waals surface area contributed by atoms with Crippen LogP contribution < -0.4 is 14.8 Å². The molecule has 0 saturated carbocycles. The fraction of sp³-hybridized carbons (Fsp3) is 0.333. The van der Waals surface area contributed by atoms with Gasteiger partial charge < -0.3 is 19.7 Å². The number of amides is 2. The third-order valence-corrected chi connectivity index (χ3v) is 5.13. The van der Waals surface area contributed by atoms with Gasteiger partial charge in [0.2, 0.25) is 0 Å². The fourth-order valence-corrected chi connectivity index (χ4v) is 3.73. The van der Waals surface area contributed by atoms with Gasteiger partial charge in [0.1, 0.15) is 0 Å². The lowest BCUT2D eigenvalue weighted by atomic mass is 10.1. The van der Waals surface area contributed by atoms with E-state index in [0.29, 0.717) is 39.4 Å². The summed E-state index contributed by atoms with van der Waals surface area (Å²) in [6.45, 7) is 3.94. The van der Waals surface area contributed by atoms with Crippen molar-refractivity contribution in [2.75, 3.05) is 32.1 Å². The van der Waals surface area contributed by atoms with Crippen molar-refractivity contribution >= 4 is 33.4 Å². The average Bonchev–Trinajstić information content (AvgIpc) is 3.23. The first-order valence-electron chi connectivity index (χ1n) is 9.24. The second-order valence-corrected chi connectivity index (χ2v) is 7.31. The number of nitrogens with one attached hydrogen (secondary N) is 1. The van der Waals surface area contributed by atoms with Gasteiger partial charge in [0.25, 0.3) is 11.8 Å². The molecule has 0 bridgehead atoms. The van der Waals surface area contributed by atoms with Crippen LogP contribution in [0.2, 0.25) is 0 Å². The van der Waals surface area contributed by atoms with E-state index < -0.39 is 0 Å². The molecule has 0 aromatic heterocycles. The van der Waals surface area contributed by atoms with Crippen molar-refractivity contribution in [1.29, 1.82) is 0 Å². The van der Waals surface area contributed by atoms with Crippen molar-refractivity contribution in [2.24, 2.45) is 0 Å². The quantitative estimate of drug-likeness (QED) is 0.716. The Morgan fingerprint density at radius 2 is 1.89 bits per heavy atom. The minimum Gasteiger partial charge on any atom is -0.493 e. The van der Waals surface area contributed by atoms with Gasteiger partial charge in [0.15, 0.2) is 11.5 Å². The van der Waals surface area contributed by atoms with Crippen LogP contribution in [0.5, 0.6) is 11.5 Å². The summed E-state index contributed by atoms with van der Waals surface area (Å²) < 4.78 is 11.5. The molecule has 0 aliphatic carbocycles. The topological polar surface area (TPSA) is 67.9 Å². The van der Waals surface area contributed by atoms with Crippen LogP contribution in [0.25, 0.3) is 0 Å². The van der Waals surface area contributed by atoms with E-state index in [4.69, 9.17) is 9.47 Å². The van der Waals surface area contributed by atoms with E-state index in [2.05, 4.69) is 21.2 Å². The highest BCUT2D eigenvalue weighted by Gasteiger charge is 2.20. The molecule has 2 amide bonds. The van der Waals surface area contributed by atoms with Crippen LogP contribution in [0.4, 0.5) is 5.69 Å². The van der Waals surface area contributed by atoms with E-state index >= 15 is 0 Å². The lowest BCUT2D eigenvalue weighted by Gasteiger charge is -2.16. The number of anilines is 1. The molecule has 3 rings (SSSR count). The molecule has 1 N–H and O–H groups in total. The van der Waals surface area contributed by atoms with Crippen molar-refractivity contribution in [1.82, 2.24) is 4.90 Å². The predicted molar refractivity (Wildman–Crippen MR) is 111 cm³/mol. The van der Waals surface area contributed by atoms with Crippen molar-refractivity contribution in [3.63, 3.8) is 0 Å². The number of benzene rings is 2. The third-order valence-electron chi connectivity index (χ3n) is 4.54. The molecule has 0 spiro atoms. The number of carbonyl (C=O) groups is 2. The zero-order chi connectivity index (χ0) is 20.1. The Balaban J connectivity index is 1.78. The summed E-state index contributed by atoms with van der Waals surface area (Å²) in [5.41, 5.74) is 1.56. The van der Waals surface area contributed by atoms with Crippen LogP contribution in [-0.2, 0) is 0 Å². The van der Waals surface area contributed by atoms with Gasteiger partial charge in [0.05, 0.1) is 18.2 Å². The largest absolute Gasteiger partial charge is 0.493 e. The normalized spacial score (nSPS) is 13.3. The minimum atomic E-state index is -0.298. The number of hydrogen-bond acceptors (Lipinski definition) is 4. The number of carbonyl (C=O) groups excluding carboxylic acids is 2. The highest BCUT2D eigenvalue weighted by molar-refractivity contribution is 9.10. The van der Waals surface area contributed by atoms with Gasteiger partial charge in [-0.2, -0.15) is 0 Å². The van der Waals surface area contributed by atoms with Crippen LogP contribution in [-0.4, -0.2) is 43.5 Å². The Bertz CT molecular complexity index is 879. The van der Waals surface area contributed by atoms with Crippen molar-refractivity contribution in [3.8, 4) is 11.5 Å². The molecule has 1 saturated heterocycles. The van der Waals surface area contributed by atoms with E-state index in [0.717, 1.165) is 25.9 Å². The smallest absolute Gasteiger partial charge is 0.255 e. The van der Waals surface area contributed by atoms with E-state index in [-0.39, 0.29) is 11.8 Å². The Kier molecular flexibility index (Phi) is 6.57. The third kappa shape index (κ3) is 4.47. The Morgan fingerprint density at radius 3 is 2.57 bits per heavy atom. The van der Waals surface area contributed by atoms with Gasteiger partial charge in [0, 0.05) is 29.9 Å². The highest BCUT2D eigenvalue weighted by atomic mass is 79.9. The van der Waals surface area contributed by atoms with Crippen LogP contribution in [0.15, 0.2) is 40.9 Å². The molecule has 0 radical (unpaired) electrons. The van der Waals surface area contributed by atoms with E-state index in [1.54, 1.807) is 36.4 Å². The summed E-state index contributed by atoms with van der Waals surface area (Å²) in [5.74, 6) is 0.728. The second kappa shape index (κ2) is 9.10.